The minimum Gasteiger partial charge on any atom is -0.369 e. The summed E-state index contributed by atoms with van der Waals surface area (Å²) in [5.41, 5.74) is 6.42. The zero-order chi connectivity index (χ0) is 17.6. The van der Waals surface area contributed by atoms with Gasteiger partial charge in [-0.15, -0.1) is 0 Å². The van der Waals surface area contributed by atoms with E-state index in [4.69, 9.17) is 5.73 Å². The summed E-state index contributed by atoms with van der Waals surface area (Å²) >= 11 is 3.47. The number of nitrogens with zero attached hydrogens (tertiary/aromatic N) is 4. The van der Waals surface area contributed by atoms with Crippen molar-refractivity contribution in [2.45, 2.75) is 12.5 Å². The van der Waals surface area contributed by atoms with Crippen LogP contribution in [0.1, 0.15) is 6.42 Å². The zero-order valence-corrected chi connectivity index (χ0v) is 15.1. The van der Waals surface area contributed by atoms with E-state index in [1.807, 2.05) is 13.2 Å². The van der Waals surface area contributed by atoms with Crippen LogP contribution in [0.5, 0.6) is 0 Å². The summed E-state index contributed by atoms with van der Waals surface area (Å²) < 4.78 is 2.43. The van der Waals surface area contributed by atoms with Gasteiger partial charge in [-0.05, 0) is 34.2 Å². The number of fused-ring (bicyclic) bond motifs is 2. The minimum atomic E-state index is -0.270. The van der Waals surface area contributed by atoms with Crippen molar-refractivity contribution >= 4 is 39.3 Å². The number of allylic oxidation sites excluding steroid dienone is 1. The van der Waals surface area contributed by atoms with Gasteiger partial charge < -0.3 is 16.4 Å². The molecular formula is C16H18BrN7O. The Hall–Kier alpha value is -2.42. The van der Waals surface area contributed by atoms with E-state index in [1.54, 1.807) is 17.1 Å². The van der Waals surface area contributed by atoms with E-state index < -0.39 is 0 Å². The smallest absolute Gasteiger partial charge is 0.229 e. The first-order valence-corrected chi connectivity index (χ1v) is 8.83. The average Bonchev–Trinajstić information content (AvgIpc) is 3.26. The van der Waals surface area contributed by atoms with Gasteiger partial charge in [0.15, 0.2) is 0 Å². The van der Waals surface area contributed by atoms with E-state index in [1.165, 1.54) is 0 Å². The topological polar surface area (TPSA) is 111 Å². The third-order valence-electron chi connectivity index (χ3n) is 4.80. The number of primary amides is 1. The van der Waals surface area contributed by atoms with E-state index in [0.29, 0.717) is 17.7 Å². The Morgan fingerprint density at radius 2 is 2.16 bits per heavy atom. The molecule has 2 aromatic heterocycles. The number of aromatic nitrogens is 4. The molecule has 25 heavy (non-hydrogen) atoms. The molecule has 1 amide bonds. The molecule has 2 aliphatic carbocycles. The molecule has 130 valence electrons. The molecule has 9 heteroatoms. The Labute approximate surface area is 153 Å². The van der Waals surface area contributed by atoms with Crippen molar-refractivity contribution in [2.24, 2.45) is 30.5 Å². The number of carbonyl (C=O) groups excluding carboxylic acids is 1. The minimum absolute atomic E-state index is 0.0510. The van der Waals surface area contributed by atoms with E-state index in [2.05, 4.69) is 53.8 Å². The second-order valence-electron chi connectivity index (χ2n) is 6.46. The van der Waals surface area contributed by atoms with Crippen LogP contribution in [0.4, 0.5) is 17.5 Å². The van der Waals surface area contributed by atoms with E-state index in [-0.39, 0.29) is 23.8 Å². The Bertz CT molecular complexity index is 849. The third kappa shape index (κ3) is 2.99. The number of anilines is 3. The molecule has 1 saturated carbocycles. The van der Waals surface area contributed by atoms with Crippen LogP contribution in [0.2, 0.25) is 0 Å². The normalized spacial score (nSPS) is 26.8. The summed E-state index contributed by atoms with van der Waals surface area (Å²) in [6.45, 7) is 0. The van der Waals surface area contributed by atoms with Crippen molar-refractivity contribution in [3.63, 3.8) is 0 Å². The molecule has 4 rings (SSSR count). The van der Waals surface area contributed by atoms with Gasteiger partial charge in [0.1, 0.15) is 5.82 Å². The van der Waals surface area contributed by atoms with Crippen LogP contribution < -0.4 is 16.4 Å². The molecule has 2 heterocycles. The number of amides is 1. The molecule has 4 atom stereocenters. The van der Waals surface area contributed by atoms with Gasteiger partial charge in [0.05, 0.1) is 22.3 Å². The Balaban J connectivity index is 1.57. The van der Waals surface area contributed by atoms with Crippen LogP contribution in [0, 0.1) is 17.8 Å². The zero-order valence-electron chi connectivity index (χ0n) is 13.6. The van der Waals surface area contributed by atoms with Crippen molar-refractivity contribution in [2.75, 3.05) is 10.6 Å². The maximum absolute atomic E-state index is 11.9. The standard InChI is InChI=1S/C16H18BrN7O/c1-24-7-10(5-20-24)21-16-19-6-11(17)15(23-16)22-13-9-3-2-8(4-9)12(13)14(18)25/h2-3,5-9,12-13H,4H2,1H3,(H2,18,25)(H2,19,21,22,23)/t8-,9+,12+,13-/m0/s1. The monoisotopic (exact) mass is 403 g/mol. The van der Waals surface area contributed by atoms with Crippen LogP contribution in [-0.2, 0) is 11.8 Å². The maximum atomic E-state index is 11.9. The molecule has 0 unspecified atom stereocenters. The number of hydrogen-bond acceptors (Lipinski definition) is 6. The molecule has 0 aliphatic heterocycles. The summed E-state index contributed by atoms with van der Waals surface area (Å²) in [6, 6.07) is -0.0510. The first-order chi connectivity index (χ1) is 12.0. The maximum Gasteiger partial charge on any atom is 0.229 e. The highest BCUT2D eigenvalue weighted by Gasteiger charge is 2.47. The van der Waals surface area contributed by atoms with Crippen molar-refractivity contribution in [3.8, 4) is 0 Å². The molecule has 0 spiro atoms. The molecule has 2 aliphatic rings. The lowest BCUT2D eigenvalue weighted by Gasteiger charge is -2.27. The van der Waals surface area contributed by atoms with Crippen molar-refractivity contribution in [1.82, 2.24) is 19.7 Å². The fraction of sp³-hybridized carbons (Fsp3) is 0.375. The second kappa shape index (κ2) is 6.14. The van der Waals surface area contributed by atoms with E-state index in [9.17, 15) is 4.79 Å². The van der Waals surface area contributed by atoms with E-state index >= 15 is 0 Å². The lowest BCUT2D eigenvalue weighted by Crippen LogP contribution is -2.41. The van der Waals surface area contributed by atoms with Gasteiger partial charge in [0.25, 0.3) is 0 Å². The Kier molecular flexibility index (Phi) is 3.95. The van der Waals surface area contributed by atoms with Crippen molar-refractivity contribution in [1.29, 1.82) is 0 Å². The molecule has 1 fully saturated rings. The Morgan fingerprint density at radius 3 is 2.88 bits per heavy atom. The highest BCUT2D eigenvalue weighted by atomic mass is 79.9. The van der Waals surface area contributed by atoms with Crippen molar-refractivity contribution < 1.29 is 4.79 Å². The van der Waals surface area contributed by atoms with Gasteiger partial charge in [-0.3, -0.25) is 9.48 Å². The molecule has 0 aromatic carbocycles. The van der Waals surface area contributed by atoms with Crippen LogP contribution in [-0.4, -0.2) is 31.7 Å². The SMILES string of the molecule is Cn1cc(Nc2ncc(Br)c(N[C@@H]3[C@H](C(N)=O)[C@H]4C=C[C@@H]3C4)n2)cn1. The van der Waals surface area contributed by atoms with Gasteiger partial charge in [-0.2, -0.15) is 10.1 Å². The quantitative estimate of drug-likeness (QED) is 0.656. The van der Waals surface area contributed by atoms with Crippen LogP contribution >= 0.6 is 15.9 Å². The summed E-state index contributed by atoms with van der Waals surface area (Å²) in [7, 11) is 1.84. The molecule has 8 nitrogen and oxygen atoms in total. The van der Waals surface area contributed by atoms with Crippen molar-refractivity contribution in [3.05, 3.63) is 35.2 Å². The predicted octanol–water partition coefficient (Wildman–Crippen LogP) is 1.80. The molecular weight excluding hydrogens is 386 g/mol. The number of nitrogens with two attached hydrogens (primary N) is 1. The molecule has 0 radical (unpaired) electrons. The van der Waals surface area contributed by atoms with Gasteiger partial charge in [0, 0.05) is 25.5 Å². The van der Waals surface area contributed by atoms with Crippen LogP contribution in [0.25, 0.3) is 0 Å². The number of hydrogen-bond donors (Lipinski definition) is 3. The van der Waals surface area contributed by atoms with Gasteiger partial charge in [-0.25, -0.2) is 4.98 Å². The highest BCUT2D eigenvalue weighted by Crippen LogP contribution is 2.45. The second-order valence-corrected chi connectivity index (χ2v) is 7.32. The summed E-state index contributed by atoms with van der Waals surface area (Å²) in [5.74, 6) is 1.11. The fourth-order valence-electron chi connectivity index (χ4n) is 3.71. The Morgan fingerprint density at radius 1 is 1.36 bits per heavy atom. The first kappa shape index (κ1) is 16.1. The fourth-order valence-corrected chi connectivity index (χ4v) is 4.01. The molecule has 4 N–H and O–H groups in total. The van der Waals surface area contributed by atoms with Crippen LogP contribution in [0.15, 0.2) is 35.2 Å². The largest absolute Gasteiger partial charge is 0.369 e. The summed E-state index contributed by atoms with van der Waals surface area (Å²) in [5, 5.41) is 10.6. The van der Waals surface area contributed by atoms with Gasteiger partial charge >= 0.3 is 0 Å². The number of aryl methyl sites for hydroxylation is 1. The number of rotatable bonds is 5. The first-order valence-electron chi connectivity index (χ1n) is 8.03. The average molecular weight is 404 g/mol. The molecule has 2 aromatic rings. The van der Waals surface area contributed by atoms with E-state index in [0.717, 1.165) is 16.6 Å². The van der Waals surface area contributed by atoms with Gasteiger partial charge in [-0.1, -0.05) is 12.2 Å². The predicted molar refractivity (Wildman–Crippen MR) is 97.1 cm³/mol. The molecule has 0 saturated heterocycles. The lowest BCUT2D eigenvalue weighted by atomic mass is 9.88. The van der Waals surface area contributed by atoms with Crippen LogP contribution in [0.3, 0.4) is 0 Å². The third-order valence-corrected chi connectivity index (χ3v) is 5.38. The number of halogens is 1. The van der Waals surface area contributed by atoms with Gasteiger partial charge in [0.2, 0.25) is 11.9 Å². The molecule has 2 bridgehead atoms. The lowest BCUT2D eigenvalue weighted by molar-refractivity contribution is -0.122. The number of carbonyl (C=O) groups is 1. The highest BCUT2D eigenvalue weighted by molar-refractivity contribution is 9.10. The number of nitrogens with one attached hydrogen (secondary N) is 2. The summed E-state index contributed by atoms with van der Waals surface area (Å²) in [6.07, 6.45) is 10.4. The summed E-state index contributed by atoms with van der Waals surface area (Å²) in [4.78, 5) is 20.7.